The first-order valence-electron chi connectivity index (χ1n) is 6.95. The van der Waals surface area contributed by atoms with Gasteiger partial charge in [0, 0.05) is 0 Å². The summed E-state index contributed by atoms with van der Waals surface area (Å²) in [6, 6.07) is 0.390. The van der Waals surface area contributed by atoms with Crippen LogP contribution in [0.15, 0.2) is 12.5 Å². The third-order valence-electron chi connectivity index (χ3n) is 3.97. The Morgan fingerprint density at radius 1 is 1.37 bits per heavy atom. The molecule has 1 amide bonds. The number of ether oxygens (including phenoxy) is 1. The normalized spacial score (nSPS) is 28.4. The number of aromatic nitrogens is 2. The van der Waals surface area contributed by atoms with Gasteiger partial charge in [0.05, 0.1) is 37.8 Å². The molecule has 0 aliphatic carbocycles. The van der Waals surface area contributed by atoms with Crippen molar-refractivity contribution in [2.24, 2.45) is 0 Å². The molecule has 2 N–H and O–H groups in total. The van der Waals surface area contributed by atoms with E-state index in [1.165, 1.54) is 25.6 Å². The van der Waals surface area contributed by atoms with Gasteiger partial charge >= 0.3 is 0 Å². The second-order valence-electron chi connectivity index (χ2n) is 5.25. The smallest absolute Gasteiger partial charge is 0.269 e. The number of hydrogen-bond acceptors (Lipinski definition) is 4. The Morgan fingerprint density at radius 3 is 2.95 bits per heavy atom. The summed E-state index contributed by atoms with van der Waals surface area (Å²) in [5, 5.41) is 3.05. The average Bonchev–Trinajstić information content (AvgIpc) is 3.11. The van der Waals surface area contributed by atoms with Crippen LogP contribution in [0.25, 0.3) is 0 Å². The molecule has 1 aromatic heterocycles. The van der Waals surface area contributed by atoms with Gasteiger partial charge in [-0.2, -0.15) is 0 Å². The molecule has 19 heavy (non-hydrogen) atoms. The van der Waals surface area contributed by atoms with Gasteiger partial charge in [0.1, 0.15) is 5.69 Å². The highest BCUT2D eigenvalue weighted by Gasteiger charge is 2.34. The van der Waals surface area contributed by atoms with Crippen molar-refractivity contribution in [2.45, 2.75) is 31.3 Å². The molecule has 0 unspecified atom stereocenters. The van der Waals surface area contributed by atoms with E-state index in [2.05, 4.69) is 20.2 Å². The van der Waals surface area contributed by atoms with Gasteiger partial charge in [0.25, 0.3) is 5.91 Å². The fourth-order valence-corrected chi connectivity index (χ4v) is 2.92. The standard InChI is InChI=1S/C13H20N4O2/c18-13(10-6-14-9-15-10)16-11-7-19-8-12(11)17-4-2-1-3-5-17/h6,9,11-12H,1-5,7-8H2,(H,14,15)(H,16,18)/t11-,12-/m0/s1. The van der Waals surface area contributed by atoms with E-state index in [9.17, 15) is 4.79 Å². The molecule has 2 aliphatic heterocycles. The highest BCUT2D eigenvalue weighted by molar-refractivity contribution is 5.92. The maximum Gasteiger partial charge on any atom is 0.269 e. The van der Waals surface area contributed by atoms with E-state index in [0.717, 1.165) is 13.1 Å². The maximum atomic E-state index is 12.0. The van der Waals surface area contributed by atoms with Crippen molar-refractivity contribution < 1.29 is 9.53 Å². The van der Waals surface area contributed by atoms with Crippen molar-refractivity contribution in [3.8, 4) is 0 Å². The number of aromatic amines is 1. The average molecular weight is 264 g/mol. The van der Waals surface area contributed by atoms with Crippen LogP contribution in [-0.4, -0.2) is 59.2 Å². The van der Waals surface area contributed by atoms with Crippen molar-refractivity contribution in [1.29, 1.82) is 0 Å². The third-order valence-corrected chi connectivity index (χ3v) is 3.97. The zero-order valence-corrected chi connectivity index (χ0v) is 11.0. The molecule has 2 aliphatic rings. The van der Waals surface area contributed by atoms with Gasteiger partial charge in [-0.15, -0.1) is 0 Å². The Kier molecular flexibility index (Phi) is 3.79. The summed E-state index contributed by atoms with van der Waals surface area (Å²) in [6.07, 6.45) is 6.87. The van der Waals surface area contributed by atoms with Gasteiger partial charge in [-0.05, 0) is 25.9 Å². The summed E-state index contributed by atoms with van der Waals surface area (Å²) in [4.78, 5) is 21.2. The predicted octanol–water partition coefficient (Wildman–Crippen LogP) is 0.393. The largest absolute Gasteiger partial charge is 0.378 e. The molecular formula is C13H20N4O2. The van der Waals surface area contributed by atoms with E-state index < -0.39 is 0 Å². The first kappa shape index (κ1) is 12.6. The first-order valence-corrected chi connectivity index (χ1v) is 6.95. The van der Waals surface area contributed by atoms with Gasteiger partial charge in [0.2, 0.25) is 0 Å². The molecular weight excluding hydrogens is 244 g/mol. The molecule has 1 aromatic rings. The quantitative estimate of drug-likeness (QED) is 0.828. The zero-order chi connectivity index (χ0) is 13.1. The number of rotatable bonds is 3. The van der Waals surface area contributed by atoms with Gasteiger partial charge in [-0.1, -0.05) is 6.42 Å². The highest BCUT2D eigenvalue weighted by atomic mass is 16.5. The maximum absolute atomic E-state index is 12.0. The zero-order valence-electron chi connectivity index (χ0n) is 11.0. The molecule has 104 valence electrons. The number of carbonyl (C=O) groups is 1. The topological polar surface area (TPSA) is 70.2 Å². The van der Waals surface area contributed by atoms with Gasteiger partial charge in [-0.25, -0.2) is 4.98 Å². The molecule has 6 nitrogen and oxygen atoms in total. The lowest BCUT2D eigenvalue weighted by molar-refractivity contribution is 0.0895. The molecule has 2 saturated heterocycles. The minimum Gasteiger partial charge on any atom is -0.378 e. The van der Waals surface area contributed by atoms with E-state index in [-0.39, 0.29) is 11.9 Å². The highest BCUT2D eigenvalue weighted by Crippen LogP contribution is 2.19. The second kappa shape index (κ2) is 5.71. The molecule has 0 saturated carbocycles. The van der Waals surface area contributed by atoms with Gasteiger partial charge in [0.15, 0.2) is 0 Å². The summed E-state index contributed by atoms with van der Waals surface area (Å²) in [6.45, 7) is 3.55. The first-order chi connectivity index (χ1) is 9.34. The molecule has 3 heterocycles. The summed E-state index contributed by atoms with van der Waals surface area (Å²) < 4.78 is 5.56. The molecule has 2 fully saturated rings. The van der Waals surface area contributed by atoms with E-state index >= 15 is 0 Å². The van der Waals surface area contributed by atoms with Crippen LogP contribution in [0, 0.1) is 0 Å². The van der Waals surface area contributed by atoms with Crippen LogP contribution in [-0.2, 0) is 4.74 Å². The van der Waals surface area contributed by atoms with Crippen molar-refractivity contribution in [3.05, 3.63) is 18.2 Å². The molecule has 0 aromatic carbocycles. The monoisotopic (exact) mass is 264 g/mol. The van der Waals surface area contributed by atoms with E-state index in [4.69, 9.17) is 4.74 Å². The van der Waals surface area contributed by atoms with Crippen LogP contribution < -0.4 is 5.32 Å². The molecule has 6 heteroatoms. The number of likely N-dealkylation sites (tertiary alicyclic amines) is 1. The summed E-state index contributed by atoms with van der Waals surface area (Å²) in [7, 11) is 0. The molecule has 0 spiro atoms. The Labute approximate surface area is 112 Å². The lowest BCUT2D eigenvalue weighted by atomic mass is 10.0. The number of imidazole rings is 1. The Hall–Kier alpha value is -1.40. The summed E-state index contributed by atoms with van der Waals surface area (Å²) >= 11 is 0. The molecule has 0 radical (unpaired) electrons. The van der Waals surface area contributed by atoms with Crippen LogP contribution >= 0.6 is 0 Å². The van der Waals surface area contributed by atoms with Gasteiger partial charge in [-0.3, -0.25) is 9.69 Å². The Balaban J connectivity index is 1.61. The number of H-pyrrole nitrogens is 1. The molecule has 2 atom stereocenters. The third kappa shape index (κ3) is 2.79. The van der Waals surface area contributed by atoms with Crippen LogP contribution in [0.1, 0.15) is 29.8 Å². The van der Waals surface area contributed by atoms with E-state index in [1.54, 1.807) is 6.20 Å². The number of hydrogen-bond donors (Lipinski definition) is 2. The van der Waals surface area contributed by atoms with Crippen molar-refractivity contribution in [3.63, 3.8) is 0 Å². The van der Waals surface area contributed by atoms with Crippen molar-refractivity contribution in [1.82, 2.24) is 20.2 Å². The Morgan fingerprint density at radius 2 is 2.21 bits per heavy atom. The number of nitrogens with one attached hydrogen (secondary N) is 2. The molecule has 0 bridgehead atoms. The number of amides is 1. The minimum absolute atomic E-state index is 0.0777. The van der Waals surface area contributed by atoms with E-state index in [1.807, 2.05) is 0 Å². The lowest BCUT2D eigenvalue weighted by Gasteiger charge is -2.34. The molecule has 3 rings (SSSR count). The minimum atomic E-state index is -0.102. The predicted molar refractivity (Wildman–Crippen MR) is 69.9 cm³/mol. The number of nitrogens with zero attached hydrogens (tertiary/aromatic N) is 2. The van der Waals surface area contributed by atoms with Crippen LogP contribution in [0.4, 0.5) is 0 Å². The SMILES string of the molecule is O=C(N[C@H]1COC[C@@H]1N1CCCCC1)c1cnc[nH]1. The number of carbonyl (C=O) groups excluding carboxylic acids is 1. The number of piperidine rings is 1. The second-order valence-corrected chi connectivity index (χ2v) is 5.25. The van der Waals surface area contributed by atoms with Crippen LogP contribution in [0.5, 0.6) is 0 Å². The fraction of sp³-hybridized carbons (Fsp3) is 0.692. The van der Waals surface area contributed by atoms with E-state index in [0.29, 0.717) is 24.9 Å². The fourth-order valence-electron chi connectivity index (χ4n) is 2.92. The van der Waals surface area contributed by atoms with Crippen molar-refractivity contribution in [2.75, 3.05) is 26.3 Å². The van der Waals surface area contributed by atoms with Crippen LogP contribution in [0.2, 0.25) is 0 Å². The summed E-state index contributed by atoms with van der Waals surface area (Å²) in [5.41, 5.74) is 0.504. The van der Waals surface area contributed by atoms with Crippen LogP contribution in [0.3, 0.4) is 0 Å². The van der Waals surface area contributed by atoms with Gasteiger partial charge < -0.3 is 15.0 Å². The summed E-state index contributed by atoms with van der Waals surface area (Å²) in [5.74, 6) is -0.102. The lowest BCUT2D eigenvalue weighted by Crippen LogP contribution is -2.52. The Bertz CT molecular complexity index is 414. The van der Waals surface area contributed by atoms with Crippen molar-refractivity contribution >= 4 is 5.91 Å².